The Morgan fingerprint density at radius 1 is 0.794 bits per heavy atom. The number of aliphatic carboxylic acids is 1. The van der Waals surface area contributed by atoms with E-state index >= 15 is 0 Å². The molecule has 3 amide bonds. The second-order valence-corrected chi connectivity index (χ2v) is 10.4. The second kappa shape index (κ2) is 17.6. The molecular weight excluding hydrogens is 458 g/mol. The zero-order valence-electron chi connectivity index (χ0n) is 21.3. The molecule has 0 aromatic rings. The summed E-state index contributed by atoms with van der Waals surface area (Å²) < 4.78 is 0. The van der Waals surface area contributed by atoms with Gasteiger partial charge in [0.25, 0.3) is 0 Å². The van der Waals surface area contributed by atoms with Gasteiger partial charge in [0.15, 0.2) is 0 Å². The third kappa shape index (κ3) is 13.8. The third-order valence-electron chi connectivity index (χ3n) is 5.21. The van der Waals surface area contributed by atoms with Gasteiger partial charge >= 0.3 is 5.97 Å². The van der Waals surface area contributed by atoms with Gasteiger partial charge in [-0.1, -0.05) is 34.1 Å². The summed E-state index contributed by atoms with van der Waals surface area (Å²) in [6, 6.07) is -3.57. The molecule has 0 saturated heterocycles. The fourth-order valence-corrected chi connectivity index (χ4v) is 3.83. The minimum Gasteiger partial charge on any atom is -0.480 e. The van der Waals surface area contributed by atoms with Crippen LogP contribution in [0.3, 0.4) is 0 Å². The zero-order chi connectivity index (χ0) is 26.3. The standard InChI is InChI=1S/C23H45N5O5S/c1-14(2)12-18(22(31)28-19(23(32)33)13-15(3)4)27-21(30)17(9-11-34-5)26-20(29)16(25)8-6-7-10-24/h14-19H,6-13,24-25H2,1-5H3,(H,26,29)(H,27,30)(H,28,31)(H,32,33). The number of carboxylic acid groups (broad SMARTS) is 1. The molecule has 0 bridgehead atoms. The number of carboxylic acids is 1. The Balaban J connectivity index is 5.38. The lowest BCUT2D eigenvalue weighted by atomic mass is 10.00. The molecule has 0 aliphatic rings. The Labute approximate surface area is 208 Å². The van der Waals surface area contributed by atoms with Crippen LogP contribution in [0.25, 0.3) is 0 Å². The van der Waals surface area contributed by atoms with Crippen LogP contribution in [0, 0.1) is 11.8 Å². The maximum Gasteiger partial charge on any atom is 0.326 e. The minimum absolute atomic E-state index is 0.0691. The highest BCUT2D eigenvalue weighted by molar-refractivity contribution is 7.98. The Kier molecular flexibility index (Phi) is 16.6. The van der Waals surface area contributed by atoms with E-state index in [4.69, 9.17) is 11.5 Å². The van der Waals surface area contributed by atoms with Gasteiger partial charge in [0.2, 0.25) is 17.7 Å². The molecule has 4 atom stereocenters. The molecule has 0 rings (SSSR count). The van der Waals surface area contributed by atoms with E-state index in [1.807, 2.05) is 34.0 Å². The Hall–Kier alpha value is -1.85. The maximum atomic E-state index is 13.1. The second-order valence-electron chi connectivity index (χ2n) is 9.45. The van der Waals surface area contributed by atoms with Gasteiger partial charge in [-0.05, 0) is 62.5 Å². The molecule has 0 aromatic carbocycles. The van der Waals surface area contributed by atoms with Crippen molar-refractivity contribution < 1.29 is 24.3 Å². The molecular formula is C23H45N5O5S. The van der Waals surface area contributed by atoms with E-state index in [2.05, 4.69) is 16.0 Å². The summed E-state index contributed by atoms with van der Waals surface area (Å²) in [6.45, 7) is 8.07. The van der Waals surface area contributed by atoms with Crippen LogP contribution in [0.15, 0.2) is 0 Å². The van der Waals surface area contributed by atoms with Gasteiger partial charge in [-0.3, -0.25) is 14.4 Å². The van der Waals surface area contributed by atoms with Crippen molar-refractivity contribution in [2.24, 2.45) is 23.3 Å². The first-order chi connectivity index (χ1) is 15.9. The molecule has 0 aromatic heterocycles. The summed E-state index contributed by atoms with van der Waals surface area (Å²) in [5, 5.41) is 17.5. The average molecular weight is 504 g/mol. The quantitative estimate of drug-likeness (QED) is 0.149. The van der Waals surface area contributed by atoms with Gasteiger partial charge in [-0.2, -0.15) is 11.8 Å². The van der Waals surface area contributed by atoms with Gasteiger partial charge in [-0.15, -0.1) is 0 Å². The van der Waals surface area contributed by atoms with Crippen LogP contribution >= 0.6 is 11.8 Å². The number of carbonyl (C=O) groups excluding carboxylic acids is 3. The van der Waals surface area contributed by atoms with Crippen molar-refractivity contribution in [1.82, 2.24) is 16.0 Å². The zero-order valence-corrected chi connectivity index (χ0v) is 22.1. The normalized spacial score (nSPS) is 14.9. The first kappa shape index (κ1) is 32.1. The van der Waals surface area contributed by atoms with Crippen LogP contribution in [0.5, 0.6) is 0 Å². The van der Waals surface area contributed by atoms with E-state index in [0.29, 0.717) is 38.0 Å². The lowest BCUT2D eigenvalue weighted by Crippen LogP contribution is -2.57. The smallest absolute Gasteiger partial charge is 0.326 e. The van der Waals surface area contributed by atoms with Crippen molar-refractivity contribution >= 4 is 35.5 Å². The van der Waals surface area contributed by atoms with E-state index in [9.17, 15) is 24.3 Å². The molecule has 11 heteroatoms. The molecule has 198 valence electrons. The number of nitrogens with one attached hydrogen (secondary N) is 3. The molecule has 34 heavy (non-hydrogen) atoms. The molecule has 0 saturated carbocycles. The van der Waals surface area contributed by atoms with E-state index in [-0.39, 0.29) is 18.3 Å². The van der Waals surface area contributed by atoms with Crippen molar-refractivity contribution in [3.8, 4) is 0 Å². The largest absolute Gasteiger partial charge is 0.480 e. The van der Waals surface area contributed by atoms with Gasteiger partial charge in [0.05, 0.1) is 6.04 Å². The molecule has 0 spiro atoms. The van der Waals surface area contributed by atoms with Crippen molar-refractivity contribution in [2.75, 3.05) is 18.6 Å². The summed E-state index contributed by atoms with van der Waals surface area (Å²) >= 11 is 1.53. The van der Waals surface area contributed by atoms with Gasteiger partial charge in [0.1, 0.15) is 18.1 Å². The molecule has 10 nitrogen and oxygen atoms in total. The first-order valence-corrected chi connectivity index (χ1v) is 13.4. The van der Waals surface area contributed by atoms with E-state index in [1.54, 1.807) is 0 Å². The number of hydrogen-bond donors (Lipinski definition) is 6. The molecule has 8 N–H and O–H groups in total. The van der Waals surface area contributed by atoms with Crippen LogP contribution in [0.2, 0.25) is 0 Å². The lowest BCUT2D eigenvalue weighted by Gasteiger charge is -2.26. The Bertz CT molecular complexity index is 647. The fourth-order valence-electron chi connectivity index (χ4n) is 3.36. The third-order valence-corrected chi connectivity index (χ3v) is 5.86. The van der Waals surface area contributed by atoms with Crippen LogP contribution in [-0.4, -0.2) is 71.5 Å². The summed E-state index contributed by atoms with van der Waals surface area (Å²) in [5.41, 5.74) is 11.4. The number of rotatable bonds is 18. The van der Waals surface area contributed by atoms with Crippen molar-refractivity contribution in [1.29, 1.82) is 0 Å². The Morgan fingerprint density at radius 2 is 1.29 bits per heavy atom. The number of unbranched alkanes of at least 4 members (excludes halogenated alkanes) is 1. The average Bonchev–Trinajstić information content (AvgIpc) is 2.74. The summed E-state index contributed by atoms with van der Waals surface area (Å²) in [5.74, 6) is -1.83. The van der Waals surface area contributed by atoms with Crippen LogP contribution < -0.4 is 27.4 Å². The Morgan fingerprint density at radius 3 is 1.79 bits per heavy atom. The predicted molar refractivity (Wildman–Crippen MR) is 136 cm³/mol. The molecule has 0 fully saturated rings. The number of carbonyl (C=O) groups is 4. The molecule has 0 radical (unpaired) electrons. The topological polar surface area (TPSA) is 177 Å². The summed E-state index contributed by atoms with van der Waals surface area (Å²) in [6.07, 6.45) is 4.80. The van der Waals surface area contributed by atoms with E-state index < -0.39 is 47.9 Å². The highest BCUT2D eigenvalue weighted by atomic mass is 32.2. The van der Waals surface area contributed by atoms with Gasteiger partial charge in [0, 0.05) is 0 Å². The number of amides is 3. The van der Waals surface area contributed by atoms with E-state index in [0.717, 1.165) is 6.42 Å². The molecule has 0 heterocycles. The molecule has 0 aliphatic heterocycles. The van der Waals surface area contributed by atoms with Crippen LogP contribution in [0.1, 0.15) is 66.2 Å². The summed E-state index contributed by atoms with van der Waals surface area (Å²) in [4.78, 5) is 50.1. The SMILES string of the molecule is CSCCC(NC(=O)C(N)CCCCN)C(=O)NC(CC(C)C)C(=O)NC(CC(C)C)C(=O)O. The maximum absolute atomic E-state index is 13.1. The first-order valence-electron chi connectivity index (χ1n) is 12.0. The predicted octanol–water partition coefficient (Wildman–Crippen LogP) is 0.827. The molecule has 0 aliphatic carbocycles. The number of thioether (sulfide) groups is 1. The van der Waals surface area contributed by atoms with Crippen LogP contribution in [0.4, 0.5) is 0 Å². The van der Waals surface area contributed by atoms with Crippen molar-refractivity contribution in [3.05, 3.63) is 0 Å². The number of hydrogen-bond acceptors (Lipinski definition) is 7. The highest BCUT2D eigenvalue weighted by Gasteiger charge is 2.30. The van der Waals surface area contributed by atoms with Gasteiger partial charge in [-0.25, -0.2) is 4.79 Å². The highest BCUT2D eigenvalue weighted by Crippen LogP contribution is 2.10. The minimum atomic E-state index is -1.12. The fraction of sp³-hybridized carbons (Fsp3) is 0.826. The van der Waals surface area contributed by atoms with Crippen LogP contribution in [-0.2, 0) is 19.2 Å². The number of nitrogens with two attached hydrogens (primary N) is 2. The monoisotopic (exact) mass is 503 g/mol. The lowest BCUT2D eigenvalue weighted by molar-refractivity contribution is -0.143. The summed E-state index contributed by atoms with van der Waals surface area (Å²) in [7, 11) is 0. The van der Waals surface area contributed by atoms with Crippen molar-refractivity contribution in [2.45, 2.75) is 90.4 Å². The van der Waals surface area contributed by atoms with Gasteiger partial charge < -0.3 is 32.5 Å². The molecule has 4 unspecified atom stereocenters. The van der Waals surface area contributed by atoms with Crippen molar-refractivity contribution in [3.63, 3.8) is 0 Å². The van der Waals surface area contributed by atoms with E-state index in [1.165, 1.54) is 11.8 Å².